The first-order valence-corrected chi connectivity index (χ1v) is 32.8. The van der Waals surface area contributed by atoms with Gasteiger partial charge in [0.25, 0.3) is 0 Å². The standard InChI is InChI=1S/C51H80BrN5O4Si2/c1-8-9-10-11-12-13-14-15-16-17-18-22-25-44(41-32-43(33-41)61-37-40-23-20-19-21-24-40)51(58)55-35-46-48(36-55)56(38-59-28-30-62(2,3)4)50(53-46)49-45-27-26-42(52)34-47(45)57(54-49)39-60-29-31-63(5,6)7/h19-21,23-24,26-27,34,41,43-44H,8-18,22,25,28-33,35-39H2,1-7H3. The molecule has 1 unspecified atom stereocenters. The highest BCUT2D eigenvalue weighted by atomic mass is 79.9. The Morgan fingerprint density at radius 1 is 0.794 bits per heavy atom. The van der Waals surface area contributed by atoms with Crippen LogP contribution in [0.2, 0.25) is 51.4 Å². The van der Waals surface area contributed by atoms with Crippen molar-refractivity contribution in [2.24, 2.45) is 11.8 Å². The third-order valence-electron chi connectivity index (χ3n) is 13.2. The third-order valence-corrected chi connectivity index (χ3v) is 17.1. The first kappa shape index (κ1) is 49.8. The molecule has 0 bridgehead atoms. The number of unbranched alkanes of at least 4 members (excludes halogenated alkanes) is 11. The molecule has 1 saturated carbocycles. The smallest absolute Gasteiger partial charge is 0.226 e. The van der Waals surface area contributed by atoms with E-state index in [1.54, 1.807) is 0 Å². The number of aromatic nitrogens is 4. The minimum absolute atomic E-state index is 0.00801. The van der Waals surface area contributed by atoms with Gasteiger partial charge in [0.2, 0.25) is 5.91 Å². The molecule has 9 nitrogen and oxygen atoms in total. The second kappa shape index (κ2) is 24.2. The molecular weight excluding hydrogens is 883 g/mol. The molecule has 1 amide bonds. The number of benzene rings is 2. The summed E-state index contributed by atoms with van der Waals surface area (Å²) in [6, 6.07) is 19.0. The van der Waals surface area contributed by atoms with E-state index in [2.05, 4.69) is 114 Å². The van der Waals surface area contributed by atoms with Gasteiger partial charge in [0.05, 0.1) is 42.7 Å². The van der Waals surface area contributed by atoms with E-state index in [0.29, 0.717) is 45.7 Å². The summed E-state index contributed by atoms with van der Waals surface area (Å²) in [5, 5.41) is 6.21. The number of carbonyl (C=O) groups excluding carboxylic acids is 1. The summed E-state index contributed by atoms with van der Waals surface area (Å²) in [5.41, 5.74) is 5.06. The first-order chi connectivity index (χ1) is 30.3. The van der Waals surface area contributed by atoms with Gasteiger partial charge >= 0.3 is 0 Å². The summed E-state index contributed by atoms with van der Waals surface area (Å²) in [6.45, 7) is 20.4. The van der Waals surface area contributed by atoms with Gasteiger partial charge in [-0.15, -0.1) is 0 Å². The number of hydrogen-bond donors (Lipinski definition) is 0. The lowest BCUT2D eigenvalue weighted by Gasteiger charge is -2.41. The van der Waals surface area contributed by atoms with Crippen LogP contribution < -0.4 is 0 Å². The zero-order chi connectivity index (χ0) is 44.8. The van der Waals surface area contributed by atoms with Crippen LogP contribution in [0.5, 0.6) is 0 Å². The number of halogens is 1. The molecule has 12 heteroatoms. The van der Waals surface area contributed by atoms with Crippen LogP contribution in [0.1, 0.15) is 120 Å². The van der Waals surface area contributed by atoms with Crippen molar-refractivity contribution in [3.05, 3.63) is 70.0 Å². The topological polar surface area (TPSA) is 83.6 Å². The molecular formula is C51H80BrN5O4Si2. The SMILES string of the molecule is CCCCCCCCCCCCCCC(C(=O)N1Cc2nc(-c3nn(COCC[Si](C)(C)C)c4cc(Br)ccc34)n(COCC[Si](C)(C)C)c2C1)C1CC(OCc2ccccc2)C1. The van der Waals surface area contributed by atoms with Crippen molar-refractivity contribution in [3.63, 3.8) is 0 Å². The average Bonchev–Trinajstić information content (AvgIpc) is 3.90. The molecule has 1 aliphatic heterocycles. The normalized spacial score (nSPS) is 17.1. The number of rotatable bonds is 29. The summed E-state index contributed by atoms with van der Waals surface area (Å²) in [7, 11) is -2.52. The summed E-state index contributed by atoms with van der Waals surface area (Å²) >= 11 is 3.70. The van der Waals surface area contributed by atoms with E-state index >= 15 is 0 Å². The predicted octanol–water partition coefficient (Wildman–Crippen LogP) is 13.8. The van der Waals surface area contributed by atoms with Gasteiger partial charge in [-0.3, -0.25) is 4.79 Å². The summed E-state index contributed by atoms with van der Waals surface area (Å²) in [6.07, 6.45) is 18.9. The minimum Gasteiger partial charge on any atom is -0.374 e. The molecule has 2 aromatic heterocycles. The summed E-state index contributed by atoms with van der Waals surface area (Å²) in [4.78, 5) is 22.2. The van der Waals surface area contributed by atoms with Crippen molar-refractivity contribution in [3.8, 4) is 11.5 Å². The number of hydrogen-bond acceptors (Lipinski definition) is 6. The molecule has 1 fully saturated rings. The molecule has 0 N–H and O–H groups in total. The molecule has 1 aliphatic carbocycles. The molecule has 2 aromatic carbocycles. The van der Waals surface area contributed by atoms with Crippen LogP contribution in [0.25, 0.3) is 22.4 Å². The number of fused-ring (bicyclic) bond motifs is 2. The van der Waals surface area contributed by atoms with E-state index in [9.17, 15) is 4.79 Å². The van der Waals surface area contributed by atoms with Crippen LogP contribution in [0.4, 0.5) is 0 Å². The van der Waals surface area contributed by atoms with Crippen molar-refractivity contribution in [1.29, 1.82) is 0 Å². The largest absolute Gasteiger partial charge is 0.374 e. The Morgan fingerprint density at radius 3 is 2.05 bits per heavy atom. The highest BCUT2D eigenvalue weighted by Crippen LogP contribution is 2.42. The van der Waals surface area contributed by atoms with Crippen molar-refractivity contribution >= 4 is 48.9 Å². The molecule has 0 spiro atoms. The highest BCUT2D eigenvalue weighted by molar-refractivity contribution is 9.10. The van der Waals surface area contributed by atoms with Crippen LogP contribution in [0, 0.1) is 11.8 Å². The predicted molar refractivity (Wildman–Crippen MR) is 268 cm³/mol. The van der Waals surface area contributed by atoms with Gasteiger partial charge in [-0.05, 0) is 61.0 Å². The molecule has 1 atom stereocenters. The van der Waals surface area contributed by atoms with Gasteiger partial charge < -0.3 is 23.7 Å². The Kier molecular flexibility index (Phi) is 19.2. The number of carbonyl (C=O) groups is 1. The zero-order valence-electron chi connectivity index (χ0n) is 40.1. The maximum Gasteiger partial charge on any atom is 0.226 e. The van der Waals surface area contributed by atoms with E-state index < -0.39 is 16.1 Å². The van der Waals surface area contributed by atoms with E-state index in [1.807, 2.05) is 10.7 Å². The molecule has 348 valence electrons. The molecule has 0 radical (unpaired) electrons. The zero-order valence-corrected chi connectivity index (χ0v) is 43.7. The Morgan fingerprint density at radius 2 is 1.41 bits per heavy atom. The van der Waals surface area contributed by atoms with Gasteiger partial charge in [0.1, 0.15) is 19.2 Å². The molecule has 63 heavy (non-hydrogen) atoms. The summed E-state index contributed by atoms with van der Waals surface area (Å²) in [5.74, 6) is 1.45. The fourth-order valence-electron chi connectivity index (χ4n) is 9.07. The second-order valence-electron chi connectivity index (χ2n) is 21.1. The van der Waals surface area contributed by atoms with Crippen molar-refractivity contribution < 1.29 is 19.0 Å². The number of ether oxygens (including phenoxy) is 3. The molecule has 2 aliphatic rings. The number of nitrogens with zero attached hydrogens (tertiary/aromatic N) is 5. The molecule has 4 aromatic rings. The van der Waals surface area contributed by atoms with Crippen LogP contribution >= 0.6 is 15.9 Å². The van der Waals surface area contributed by atoms with E-state index in [-0.39, 0.29) is 17.9 Å². The Hall–Kier alpha value is -2.62. The van der Waals surface area contributed by atoms with Crippen LogP contribution in [0.15, 0.2) is 53.0 Å². The lowest BCUT2D eigenvalue weighted by atomic mass is 9.71. The maximum atomic E-state index is 14.8. The van der Waals surface area contributed by atoms with Crippen LogP contribution in [-0.4, -0.2) is 65.6 Å². The van der Waals surface area contributed by atoms with Gasteiger partial charge in [0, 0.05) is 45.1 Å². The lowest BCUT2D eigenvalue weighted by molar-refractivity contribution is -0.143. The number of amides is 1. The first-order valence-electron chi connectivity index (χ1n) is 24.6. The highest BCUT2D eigenvalue weighted by Gasteiger charge is 2.42. The van der Waals surface area contributed by atoms with Gasteiger partial charge in [-0.2, -0.15) is 5.10 Å². The van der Waals surface area contributed by atoms with Crippen molar-refractivity contribution in [1.82, 2.24) is 24.2 Å². The van der Waals surface area contributed by atoms with Crippen LogP contribution in [-0.2, 0) is 52.2 Å². The quantitative estimate of drug-likeness (QED) is 0.0398. The van der Waals surface area contributed by atoms with Gasteiger partial charge in [-0.25, -0.2) is 9.67 Å². The van der Waals surface area contributed by atoms with Gasteiger partial charge in [-0.1, -0.05) is 170 Å². The fraction of sp³-hybridized carbons (Fsp3) is 0.667. The monoisotopic (exact) mass is 961 g/mol. The van der Waals surface area contributed by atoms with Crippen molar-refractivity contribution in [2.45, 2.75) is 194 Å². The Bertz CT molecular complexity index is 2000. The van der Waals surface area contributed by atoms with Crippen LogP contribution in [0.3, 0.4) is 0 Å². The third kappa shape index (κ3) is 15.2. The summed E-state index contributed by atoms with van der Waals surface area (Å²) < 4.78 is 24.2. The maximum absolute atomic E-state index is 14.8. The van der Waals surface area contributed by atoms with Gasteiger partial charge in [0.15, 0.2) is 5.82 Å². The van der Waals surface area contributed by atoms with E-state index in [1.165, 1.54) is 76.2 Å². The molecule has 0 saturated heterocycles. The molecule has 6 rings (SSSR count). The number of imidazole rings is 1. The average molecular weight is 963 g/mol. The van der Waals surface area contributed by atoms with E-state index in [0.717, 1.165) is 82.7 Å². The Labute approximate surface area is 390 Å². The fourth-order valence-corrected chi connectivity index (χ4v) is 10.9. The lowest BCUT2D eigenvalue weighted by Crippen LogP contribution is -2.43. The van der Waals surface area contributed by atoms with E-state index in [4.69, 9.17) is 24.3 Å². The Balaban J connectivity index is 1.15. The van der Waals surface area contributed by atoms with Crippen molar-refractivity contribution in [2.75, 3.05) is 13.2 Å². The second-order valence-corrected chi connectivity index (χ2v) is 33.2. The molecule has 3 heterocycles. The minimum atomic E-state index is -1.29.